The number of aryl methyl sites for hydroxylation is 1. The van der Waals surface area contributed by atoms with E-state index in [1.54, 1.807) is 12.1 Å². The van der Waals surface area contributed by atoms with Crippen molar-refractivity contribution in [3.8, 4) is 0 Å². The van der Waals surface area contributed by atoms with Crippen LogP contribution in [0.5, 0.6) is 0 Å². The summed E-state index contributed by atoms with van der Waals surface area (Å²) in [6, 6.07) is 5.46. The van der Waals surface area contributed by atoms with Crippen molar-refractivity contribution >= 4 is 21.9 Å². The number of rotatable bonds is 1. The summed E-state index contributed by atoms with van der Waals surface area (Å²) in [7, 11) is 1.37. The second-order valence-electron chi connectivity index (χ2n) is 2.51. The van der Waals surface area contributed by atoms with Gasteiger partial charge in [-0.2, -0.15) is 0 Å². The van der Waals surface area contributed by atoms with Crippen LogP contribution in [0.2, 0.25) is 0 Å². The first-order valence-electron chi connectivity index (χ1n) is 3.49. The third kappa shape index (κ3) is 2.08. The molecule has 0 fully saturated rings. The molecule has 64 valence electrons. The number of carbonyl (C=O) groups excluding carboxylic acids is 1. The van der Waals surface area contributed by atoms with Gasteiger partial charge in [-0.05, 0) is 30.7 Å². The monoisotopic (exact) mass is 228 g/mol. The Morgan fingerprint density at radius 1 is 1.42 bits per heavy atom. The van der Waals surface area contributed by atoms with Gasteiger partial charge < -0.3 is 4.74 Å². The fourth-order valence-electron chi connectivity index (χ4n) is 0.972. The molecule has 0 heterocycles. The van der Waals surface area contributed by atoms with E-state index >= 15 is 0 Å². The lowest BCUT2D eigenvalue weighted by molar-refractivity contribution is 0.0600. The summed E-state index contributed by atoms with van der Waals surface area (Å²) in [5.41, 5.74) is 1.61. The van der Waals surface area contributed by atoms with Gasteiger partial charge in [-0.3, -0.25) is 0 Å². The summed E-state index contributed by atoms with van der Waals surface area (Å²) >= 11 is 3.30. The SMILES string of the molecule is COC(=O)c1cc(C)cc(Br)c1. The zero-order valence-corrected chi connectivity index (χ0v) is 8.51. The molecular formula is C9H9BrO2. The maximum atomic E-state index is 11.1. The van der Waals surface area contributed by atoms with Crippen molar-refractivity contribution in [1.29, 1.82) is 0 Å². The third-order valence-electron chi connectivity index (χ3n) is 1.46. The highest BCUT2D eigenvalue weighted by atomic mass is 79.9. The van der Waals surface area contributed by atoms with E-state index in [9.17, 15) is 4.79 Å². The lowest BCUT2D eigenvalue weighted by Crippen LogP contribution is -2.01. The molecule has 0 aliphatic carbocycles. The van der Waals surface area contributed by atoms with E-state index in [0.29, 0.717) is 5.56 Å². The zero-order valence-electron chi connectivity index (χ0n) is 6.93. The third-order valence-corrected chi connectivity index (χ3v) is 1.92. The molecule has 2 nitrogen and oxygen atoms in total. The van der Waals surface area contributed by atoms with Crippen molar-refractivity contribution in [3.63, 3.8) is 0 Å². The molecule has 0 saturated carbocycles. The Morgan fingerprint density at radius 3 is 2.58 bits per heavy atom. The van der Waals surface area contributed by atoms with Crippen LogP contribution in [-0.2, 0) is 4.74 Å². The van der Waals surface area contributed by atoms with Gasteiger partial charge in [0.15, 0.2) is 0 Å². The molecule has 0 unspecified atom stereocenters. The van der Waals surface area contributed by atoms with Gasteiger partial charge in [0.1, 0.15) is 0 Å². The first-order chi connectivity index (χ1) is 5.63. The molecule has 0 aliphatic heterocycles. The van der Waals surface area contributed by atoms with Gasteiger partial charge in [0.05, 0.1) is 12.7 Å². The van der Waals surface area contributed by atoms with Gasteiger partial charge in [-0.1, -0.05) is 15.9 Å². The number of halogens is 1. The average molecular weight is 229 g/mol. The fourth-order valence-corrected chi connectivity index (χ4v) is 1.58. The first kappa shape index (κ1) is 9.26. The molecule has 1 aromatic carbocycles. The normalized spacial score (nSPS) is 9.58. The molecule has 0 saturated heterocycles. The zero-order chi connectivity index (χ0) is 9.14. The van der Waals surface area contributed by atoms with Gasteiger partial charge in [-0.15, -0.1) is 0 Å². The van der Waals surface area contributed by atoms with E-state index < -0.39 is 0 Å². The van der Waals surface area contributed by atoms with Crippen molar-refractivity contribution in [2.45, 2.75) is 6.92 Å². The van der Waals surface area contributed by atoms with E-state index in [4.69, 9.17) is 0 Å². The highest BCUT2D eigenvalue weighted by Crippen LogP contribution is 2.15. The quantitative estimate of drug-likeness (QED) is 0.691. The molecule has 0 bridgehead atoms. The number of hydrogen-bond donors (Lipinski definition) is 0. The summed E-state index contributed by atoms with van der Waals surface area (Å²) in [4.78, 5) is 11.1. The summed E-state index contributed by atoms with van der Waals surface area (Å²) in [5, 5.41) is 0. The second-order valence-corrected chi connectivity index (χ2v) is 3.42. The van der Waals surface area contributed by atoms with Crippen molar-refractivity contribution in [2.75, 3.05) is 7.11 Å². The maximum absolute atomic E-state index is 11.1. The van der Waals surface area contributed by atoms with Gasteiger partial charge in [-0.25, -0.2) is 4.79 Å². The minimum atomic E-state index is -0.306. The lowest BCUT2D eigenvalue weighted by Gasteiger charge is -2.01. The highest BCUT2D eigenvalue weighted by molar-refractivity contribution is 9.10. The van der Waals surface area contributed by atoms with Gasteiger partial charge in [0, 0.05) is 4.47 Å². The standard InChI is InChI=1S/C9H9BrO2/c1-6-3-7(9(11)12-2)5-8(10)4-6/h3-5H,1-2H3. The van der Waals surface area contributed by atoms with E-state index in [1.807, 2.05) is 13.0 Å². The number of ether oxygens (including phenoxy) is 1. The second kappa shape index (κ2) is 3.72. The number of methoxy groups -OCH3 is 1. The molecule has 1 aromatic rings. The Morgan fingerprint density at radius 2 is 2.08 bits per heavy atom. The average Bonchev–Trinajstić information content (AvgIpc) is 2.01. The molecule has 0 aromatic heterocycles. The van der Waals surface area contributed by atoms with E-state index in [0.717, 1.165) is 10.0 Å². The van der Waals surface area contributed by atoms with Gasteiger partial charge in [0.25, 0.3) is 0 Å². The summed E-state index contributed by atoms with van der Waals surface area (Å²) in [6.45, 7) is 1.93. The molecule has 0 amide bonds. The minimum Gasteiger partial charge on any atom is -0.465 e. The van der Waals surface area contributed by atoms with Crippen molar-refractivity contribution in [1.82, 2.24) is 0 Å². The molecular weight excluding hydrogens is 220 g/mol. The largest absolute Gasteiger partial charge is 0.465 e. The lowest BCUT2D eigenvalue weighted by atomic mass is 10.1. The number of benzene rings is 1. The van der Waals surface area contributed by atoms with Crippen molar-refractivity contribution in [2.24, 2.45) is 0 Å². The molecule has 0 atom stereocenters. The number of esters is 1. The van der Waals surface area contributed by atoms with Gasteiger partial charge >= 0.3 is 5.97 Å². The molecule has 0 aliphatic rings. The van der Waals surface area contributed by atoms with Crippen LogP contribution in [0.3, 0.4) is 0 Å². The molecule has 0 N–H and O–H groups in total. The first-order valence-corrected chi connectivity index (χ1v) is 4.28. The molecule has 1 rings (SSSR count). The molecule has 0 radical (unpaired) electrons. The molecule has 0 spiro atoms. The Balaban J connectivity index is 3.08. The summed E-state index contributed by atoms with van der Waals surface area (Å²) < 4.78 is 5.48. The number of carbonyl (C=O) groups is 1. The van der Waals surface area contributed by atoms with Crippen molar-refractivity contribution < 1.29 is 9.53 Å². The van der Waals surface area contributed by atoms with E-state index in [2.05, 4.69) is 20.7 Å². The topological polar surface area (TPSA) is 26.3 Å². The van der Waals surface area contributed by atoms with Crippen LogP contribution in [0.4, 0.5) is 0 Å². The predicted molar refractivity (Wildman–Crippen MR) is 50.2 cm³/mol. The molecule has 12 heavy (non-hydrogen) atoms. The van der Waals surface area contributed by atoms with Crippen LogP contribution >= 0.6 is 15.9 Å². The Kier molecular flexibility index (Phi) is 2.87. The minimum absolute atomic E-state index is 0.306. The smallest absolute Gasteiger partial charge is 0.337 e. The highest BCUT2D eigenvalue weighted by Gasteiger charge is 2.05. The van der Waals surface area contributed by atoms with E-state index in [1.165, 1.54) is 7.11 Å². The Hall–Kier alpha value is -0.830. The molecule has 3 heteroatoms. The van der Waals surface area contributed by atoms with Crippen LogP contribution < -0.4 is 0 Å². The maximum Gasteiger partial charge on any atom is 0.337 e. The van der Waals surface area contributed by atoms with Crippen molar-refractivity contribution in [3.05, 3.63) is 33.8 Å². The summed E-state index contributed by atoms with van der Waals surface area (Å²) in [5.74, 6) is -0.306. The summed E-state index contributed by atoms with van der Waals surface area (Å²) in [6.07, 6.45) is 0. The number of hydrogen-bond acceptors (Lipinski definition) is 2. The van der Waals surface area contributed by atoms with Gasteiger partial charge in [0.2, 0.25) is 0 Å². The van der Waals surface area contributed by atoms with E-state index in [-0.39, 0.29) is 5.97 Å². The van der Waals surface area contributed by atoms with Crippen LogP contribution in [0, 0.1) is 6.92 Å². The predicted octanol–water partition coefficient (Wildman–Crippen LogP) is 2.54. The Labute approximate surface area is 79.7 Å². The van der Waals surface area contributed by atoms with Crippen LogP contribution in [-0.4, -0.2) is 13.1 Å². The van der Waals surface area contributed by atoms with Crippen LogP contribution in [0.25, 0.3) is 0 Å². The fraction of sp³-hybridized carbons (Fsp3) is 0.222. The van der Waals surface area contributed by atoms with Crippen LogP contribution in [0.15, 0.2) is 22.7 Å². The Bertz CT molecular complexity index is 287. The van der Waals surface area contributed by atoms with Crippen LogP contribution in [0.1, 0.15) is 15.9 Å².